The van der Waals surface area contributed by atoms with Crippen LogP contribution >= 0.6 is 11.6 Å². The molecule has 0 aliphatic rings. The van der Waals surface area contributed by atoms with Crippen LogP contribution in [0.3, 0.4) is 0 Å². The van der Waals surface area contributed by atoms with E-state index in [1.54, 1.807) is 10.9 Å². The fourth-order valence-electron chi connectivity index (χ4n) is 1.42. The third-order valence-corrected chi connectivity index (χ3v) is 2.56. The molecule has 0 saturated carbocycles. The standard InChI is InChI=1S/C12H12ClN3O/c1-2-16-8-10(13)11(15-16)12(17)14-9-6-4-3-5-7-9/h3-8H,2H2,1H3,(H,14,17). The van der Waals surface area contributed by atoms with E-state index in [2.05, 4.69) is 10.4 Å². The minimum atomic E-state index is -0.298. The number of hydrogen-bond donors (Lipinski definition) is 1. The molecule has 0 unspecified atom stereocenters. The Hall–Kier alpha value is -1.81. The monoisotopic (exact) mass is 249 g/mol. The number of amides is 1. The van der Waals surface area contributed by atoms with Crippen LogP contribution < -0.4 is 5.32 Å². The molecule has 0 fully saturated rings. The summed E-state index contributed by atoms with van der Waals surface area (Å²) in [4.78, 5) is 11.9. The molecule has 1 aromatic heterocycles. The molecule has 0 bridgehead atoms. The van der Waals surface area contributed by atoms with Crippen LogP contribution in [0.5, 0.6) is 0 Å². The van der Waals surface area contributed by atoms with Crippen molar-refractivity contribution in [1.29, 1.82) is 0 Å². The van der Waals surface area contributed by atoms with Crippen LogP contribution in [0.2, 0.25) is 5.02 Å². The van der Waals surface area contributed by atoms with Crippen LogP contribution in [0.25, 0.3) is 0 Å². The molecule has 2 aromatic rings. The van der Waals surface area contributed by atoms with E-state index in [0.29, 0.717) is 11.6 Å². The van der Waals surface area contributed by atoms with Crippen LogP contribution in [0.1, 0.15) is 17.4 Å². The molecule has 0 saturated heterocycles. The highest BCUT2D eigenvalue weighted by molar-refractivity contribution is 6.34. The number of nitrogens with one attached hydrogen (secondary N) is 1. The highest BCUT2D eigenvalue weighted by Gasteiger charge is 2.15. The number of rotatable bonds is 3. The summed E-state index contributed by atoms with van der Waals surface area (Å²) in [7, 11) is 0. The van der Waals surface area contributed by atoms with Gasteiger partial charge in [0.1, 0.15) is 0 Å². The molecule has 88 valence electrons. The van der Waals surface area contributed by atoms with Crippen molar-refractivity contribution in [1.82, 2.24) is 9.78 Å². The maximum absolute atomic E-state index is 11.9. The van der Waals surface area contributed by atoms with Gasteiger partial charge in [-0.15, -0.1) is 0 Å². The van der Waals surface area contributed by atoms with Crippen molar-refractivity contribution in [3.63, 3.8) is 0 Å². The maximum Gasteiger partial charge on any atom is 0.277 e. The molecule has 5 heteroatoms. The van der Waals surface area contributed by atoms with Gasteiger partial charge in [0.15, 0.2) is 5.69 Å². The Morgan fingerprint density at radius 3 is 2.71 bits per heavy atom. The quantitative estimate of drug-likeness (QED) is 0.909. The van der Waals surface area contributed by atoms with Gasteiger partial charge in [0.25, 0.3) is 5.91 Å². The first-order valence-electron chi connectivity index (χ1n) is 5.30. The lowest BCUT2D eigenvalue weighted by Gasteiger charge is -2.02. The Kier molecular flexibility index (Phi) is 3.44. The number of aromatic nitrogens is 2. The average Bonchev–Trinajstić information content (AvgIpc) is 2.72. The molecular formula is C12H12ClN3O. The minimum Gasteiger partial charge on any atom is -0.321 e. The summed E-state index contributed by atoms with van der Waals surface area (Å²) in [6, 6.07) is 9.20. The minimum absolute atomic E-state index is 0.248. The van der Waals surface area contributed by atoms with E-state index in [1.807, 2.05) is 37.3 Å². The Bertz CT molecular complexity index is 522. The van der Waals surface area contributed by atoms with Crippen molar-refractivity contribution in [3.05, 3.63) is 47.2 Å². The normalized spacial score (nSPS) is 10.2. The first kappa shape index (κ1) is 11.7. The molecule has 17 heavy (non-hydrogen) atoms. The van der Waals surface area contributed by atoms with Crippen LogP contribution in [0.15, 0.2) is 36.5 Å². The summed E-state index contributed by atoms with van der Waals surface area (Å²) in [5.74, 6) is -0.298. The number of anilines is 1. The lowest BCUT2D eigenvalue weighted by molar-refractivity contribution is 0.102. The molecule has 0 radical (unpaired) electrons. The number of carbonyl (C=O) groups is 1. The van der Waals surface area contributed by atoms with E-state index in [1.165, 1.54) is 0 Å². The number of halogens is 1. The first-order chi connectivity index (χ1) is 8.20. The van der Waals surface area contributed by atoms with Crippen LogP contribution in [-0.2, 0) is 6.54 Å². The number of para-hydroxylation sites is 1. The van der Waals surface area contributed by atoms with Gasteiger partial charge in [-0.1, -0.05) is 29.8 Å². The largest absolute Gasteiger partial charge is 0.321 e. The SMILES string of the molecule is CCn1cc(Cl)c(C(=O)Nc2ccccc2)n1. The van der Waals surface area contributed by atoms with Crippen molar-refractivity contribution in [3.8, 4) is 0 Å². The van der Waals surface area contributed by atoms with Gasteiger partial charge in [-0.3, -0.25) is 9.48 Å². The van der Waals surface area contributed by atoms with Crippen molar-refractivity contribution in [2.45, 2.75) is 13.5 Å². The van der Waals surface area contributed by atoms with E-state index in [9.17, 15) is 4.79 Å². The first-order valence-corrected chi connectivity index (χ1v) is 5.68. The summed E-state index contributed by atoms with van der Waals surface area (Å²) in [5.41, 5.74) is 0.969. The maximum atomic E-state index is 11.9. The zero-order valence-corrected chi connectivity index (χ0v) is 10.1. The Labute approximate surface area is 104 Å². The predicted molar refractivity (Wildman–Crippen MR) is 67.3 cm³/mol. The molecule has 4 nitrogen and oxygen atoms in total. The molecule has 1 aromatic carbocycles. The van der Waals surface area contributed by atoms with E-state index in [4.69, 9.17) is 11.6 Å². The summed E-state index contributed by atoms with van der Waals surface area (Å²) < 4.78 is 1.63. The molecule has 0 spiro atoms. The van der Waals surface area contributed by atoms with Gasteiger partial charge in [0.05, 0.1) is 5.02 Å². The van der Waals surface area contributed by atoms with E-state index in [0.717, 1.165) is 5.69 Å². The second kappa shape index (κ2) is 5.01. The second-order valence-corrected chi connectivity index (χ2v) is 3.91. The lowest BCUT2D eigenvalue weighted by atomic mass is 10.3. The molecule has 0 aliphatic carbocycles. The number of aryl methyl sites for hydroxylation is 1. The third-order valence-electron chi connectivity index (χ3n) is 2.29. The summed E-state index contributed by atoms with van der Waals surface area (Å²) in [5, 5.41) is 7.20. The molecular weight excluding hydrogens is 238 g/mol. The Morgan fingerprint density at radius 1 is 1.41 bits per heavy atom. The number of hydrogen-bond acceptors (Lipinski definition) is 2. The molecule has 1 N–H and O–H groups in total. The molecule has 1 heterocycles. The number of benzene rings is 1. The van der Waals surface area contributed by atoms with Gasteiger partial charge in [-0.05, 0) is 19.1 Å². The highest BCUT2D eigenvalue weighted by atomic mass is 35.5. The zero-order chi connectivity index (χ0) is 12.3. The van der Waals surface area contributed by atoms with Gasteiger partial charge >= 0.3 is 0 Å². The number of nitrogens with zero attached hydrogens (tertiary/aromatic N) is 2. The summed E-state index contributed by atoms with van der Waals surface area (Å²) in [6.07, 6.45) is 1.64. The fourth-order valence-corrected chi connectivity index (χ4v) is 1.66. The fraction of sp³-hybridized carbons (Fsp3) is 0.167. The van der Waals surface area contributed by atoms with E-state index in [-0.39, 0.29) is 11.6 Å². The van der Waals surface area contributed by atoms with Crippen molar-refractivity contribution < 1.29 is 4.79 Å². The average molecular weight is 250 g/mol. The van der Waals surface area contributed by atoms with Crippen molar-refractivity contribution in [2.75, 3.05) is 5.32 Å². The van der Waals surface area contributed by atoms with Gasteiger partial charge in [0.2, 0.25) is 0 Å². The van der Waals surface area contributed by atoms with Crippen molar-refractivity contribution in [2.24, 2.45) is 0 Å². The van der Waals surface area contributed by atoms with E-state index >= 15 is 0 Å². The Morgan fingerprint density at radius 2 is 2.12 bits per heavy atom. The predicted octanol–water partition coefficient (Wildman–Crippen LogP) is 2.81. The van der Waals surface area contributed by atoms with E-state index < -0.39 is 0 Å². The van der Waals surface area contributed by atoms with Crippen LogP contribution in [-0.4, -0.2) is 15.7 Å². The molecule has 2 rings (SSSR count). The highest BCUT2D eigenvalue weighted by Crippen LogP contribution is 2.16. The molecule has 1 amide bonds. The van der Waals surface area contributed by atoms with Gasteiger partial charge in [-0.25, -0.2) is 0 Å². The Balaban J connectivity index is 2.17. The summed E-state index contributed by atoms with van der Waals surface area (Å²) >= 11 is 5.94. The molecule has 0 aliphatic heterocycles. The van der Waals surface area contributed by atoms with Crippen LogP contribution in [0, 0.1) is 0 Å². The summed E-state index contributed by atoms with van der Waals surface area (Å²) in [6.45, 7) is 2.61. The van der Waals surface area contributed by atoms with Crippen molar-refractivity contribution >= 4 is 23.2 Å². The second-order valence-electron chi connectivity index (χ2n) is 3.50. The zero-order valence-electron chi connectivity index (χ0n) is 9.35. The number of carbonyl (C=O) groups excluding carboxylic acids is 1. The topological polar surface area (TPSA) is 46.9 Å². The lowest BCUT2D eigenvalue weighted by Crippen LogP contribution is -2.13. The van der Waals surface area contributed by atoms with Gasteiger partial charge in [0, 0.05) is 18.4 Å². The van der Waals surface area contributed by atoms with Gasteiger partial charge in [-0.2, -0.15) is 5.10 Å². The van der Waals surface area contributed by atoms with Gasteiger partial charge < -0.3 is 5.32 Å². The smallest absolute Gasteiger partial charge is 0.277 e. The molecule has 0 atom stereocenters. The van der Waals surface area contributed by atoms with Crippen LogP contribution in [0.4, 0.5) is 5.69 Å². The third kappa shape index (κ3) is 2.65.